The molecule has 0 aromatic heterocycles. The molecule has 0 aliphatic carbocycles. The van der Waals surface area contributed by atoms with E-state index in [1.807, 2.05) is 0 Å². The predicted molar refractivity (Wildman–Crippen MR) is 53.0 cm³/mol. The largest absolute Gasteiger partial charge is 0.369 e. The summed E-state index contributed by atoms with van der Waals surface area (Å²) in [5.41, 5.74) is 0.848. The molecule has 0 aromatic carbocycles. The quantitative estimate of drug-likeness (QED) is 0.664. The Hall–Kier alpha value is -1.09. The summed E-state index contributed by atoms with van der Waals surface area (Å²) in [5, 5.41) is 3.24. The molecule has 1 rings (SSSR count). The van der Waals surface area contributed by atoms with Crippen LogP contribution in [0.15, 0.2) is 36.8 Å². The van der Waals surface area contributed by atoms with Crippen LogP contribution in [-0.2, 0) is 0 Å². The lowest BCUT2D eigenvalue weighted by molar-refractivity contribution is 0.308. The van der Waals surface area contributed by atoms with Crippen molar-refractivity contribution in [1.82, 2.24) is 10.2 Å². The average Bonchev–Trinajstić information content (AvgIpc) is 2.15. The van der Waals surface area contributed by atoms with E-state index in [2.05, 4.69) is 23.4 Å². The molecule has 0 radical (unpaired) electrons. The van der Waals surface area contributed by atoms with E-state index in [9.17, 15) is 4.39 Å². The molecule has 0 unspecified atom stereocenters. The Kier molecular flexibility index (Phi) is 3.71. The zero-order valence-corrected chi connectivity index (χ0v) is 7.72. The van der Waals surface area contributed by atoms with Crippen molar-refractivity contribution in [3.05, 3.63) is 36.8 Å². The normalized spacial score (nSPS) is 17.8. The van der Waals surface area contributed by atoms with Crippen molar-refractivity contribution in [2.75, 3.05) is 26.2 Å². The number of hydrogen-bond donors (Lipinski definition) is 1. The van der Waals surface area contributed by atoms with Crippen molar-refractivity contribution in [3.8, 4) is 0 Å². The van der Waals surface area contributed by atoms with Crippen LogP contribution in [0, 0.1) is 0 Å². The molecule has 3 heteroatoms. The van der Waals surface area contributed by atoms with Gasteiger partial charge in [0.2, 0.25) is 0 Å². The van der Waals surface area contributed by atoms with Crippen molar-refractivity contribution in [3.63, 3.8) is 0 Å². The molecule has 1 N–H and O–H groups in total. The Morgan fingerprint density at radius 3 is 2.38 bits per heavy atom. The van der Waals surface area contributed by atoms with Gasteiger partial charge in [-0.3, -0.25) is 0 Å². The van der Waals surface area contributed by atoms with Gasteiger partial charge in [-0.25, -0.2) is 4.39 Å². The maximum atomic E-state index is 12.3. The van der Waals surface area contributed by atoms with E-state index in [0.29, 0.717) is 0 Å². The first-order valence-corrected chi connectivity index (χ1v) is 4.37. The van der Waals surface area contributed by atoms with Crippen LogP contribution in [0.1, 0.15) is 0 Å². The van der Waals surface area contributed by atoms with Gasteiger partial charge in [-0.1, -0.05) is 13.2 Å². The van der Waals surface area contributed by atoms with Gasteiger partial charge in [0.1, 0.15) is 5.83 Å². The molecule has 72 valence electrons. The number of piperazine rings is 1. The van der Waals surface area contributed by atoms with Crippen molar-refractivity contribution in [2.24, 2.45) is 0 Å². The second-order valence-corrected chi connectivity index (χ2v) is 3.01. The van der Waals surface area contributed by atoms with Crippen LogP contribution in [0.4, 0.5) is 4.39 Å². The van der Waals surface area contributed by atoms with Crippen LogP contribution < -0.4 is 5.32 Å². The monoisotopic (exact) mass is 182 g/mol. The molecule has 1 fully saturated rings. The first kappa shape index (κ1) is 9.99. The third-order valence-corrected chi connectivity index (χ3v) is 1.98. The fourth-order valence-corrected chi connectivity index (χ4v) is 1.24. The first-order valence-electron chi connectivity index (χ1n) is 4.37. The Labute approximate surface area is 78.4 Å². The van der Waals surface area contributed by atoms with Crippen LogP contribution in [0.25, 0.3) is 0 Å². The van der Waals surface area contributed by atoms with E-state index in [1.54, 1.807) is 6.08 Å². The zero-order chi connectivity index (χ0) is 9.68. The van der Waals surface area contributed by atoms with Gasteiger partial charge in [-0.15, -0.1) is 0 Å². The summed E-state index contributed by atoms with van der Waals surface area (Å²) >= 11 is 0. The van der Waals surface area contributed by atoms with Crippen molar-refractivity contribution < 1.29 is 4.39 Å². The lowest BCUT2D eigenvalue weighted by Crippen LogP contribution is -2.42. The van der Waals surface area contributed by atoms with Crippen molar-refractivity contribution >= 4 is 0 Å². The van der Waals surface area contributed by atoms with E-state index in [-0.39, 0.29) is 0 Å². The van der Waals surface area contributed by atoms with Gasteiger partial charge in [0, 0.05) is 31.9 Å². The molecule has 1 heterocycles. The van der Waals surface area contributed by atoms with Gasteiger partial charge in [0.05, 0.1) is 0 Å². The van der Waals surface area contributed by atoms with E-state index >= 15 is 0 Å². The fraction of sp³-hybridized carbons (Fsp3) is 0.400. The van der Waals surface area contributed by atoms with Crippen LogP contribution in [-0.4, -0.2) is 31.1 Å². The van der Waals surface area contributed by atoms with Gasteiger partial charge in [-0.05, 0) is 12.2 Å². The van der Waals surface area contributed by atoms with Crippen LogP contribution in [0.5, 0.6) is 0 Å². The second-order valence-electron chi connectivity index (χ2n) is 3.01. The molecule has 1 aliphatic heterocycles. The summed E-state index contributed by atoms with van der Waals surface area (Å²) in [6, 6.07) is 0. The highest BCUT2D eigenvalue weighted by Crippen LogP contribution is 2.06. The number of nitrogens with one attached hydrogen (secondary N) is 1. The fourth-order valence-electron chi connectivity index (χ4n) is 1.24. The Morgan fingerprint density at radius 1 is 1.23 bits per heavy atom. The lowest BCUT2D eigenvalue weighted by Gasteiger charge is -2.29. The number of rotatable bonds is 3. The number of hydrogen-bond acceptors (Lipinski definition) is 2. The molecular weight excluding hydrogens is 167 g/mol. The van der Waals surface area contributed by atoms with Gasteiger partial charge < -0.3 is 10.2 Å². The molecular formula is C10H15FN2. The molecule has 0 saturated carbocycles. The third-order valence-electron chi connectivity index (χ3n) is 1.98. The van der Waals surface area contributed by atoms with E-state index in [0.717, 1.165) is 31.9 Å². The Balaban J connectivity index is 2.41. The maximum Gasteiger partial charge on any atom is 0.116 e. The minimum atomic E-state index is -0.434. The summed E-state index contributed by atoms with van der Waals surface area (Å²) in [4.78, 5) is 2.12. The van der Waals surface area contributed by atoms with E-state index in [1.165, 1.54) is 6.08 Å². The van der Waals surface area contributed by atoms with Gasteiger partial charge in [0.25, 0.3) is 0 Å². The Bertz CT molecular complexity index is 227. The van der Waals surface area contributed by atoms with Gasteiger partial charge >= 0.3 is 0 Å². The third kappa shape index (κ3) is 3.42. The standard InChI is InChI=1S/C10H15FN2/c1-9(11)3-4-10(2)13-7-5-12-6-8-13/h3-4,12H,1-2,5-8H2/b4-3-. The summed E-state index contributed by atoms with van der Waals surface area (Å²) < 4.78 is 12.3. The lowest BCUT2D eigenvalue weighted by atomic mass is 10.3. The predicted octanol–water partition coefficient (Wildman–Crippen LogP) is 1.44. The molecule has 13 heavy (non-hydrogen) atoms. The average molecular weight is 182 g/mol. The van der Waals surface area contributed by atoms with E-state index < -0.39 is 5.83 Å². The topological polar surface area (TPSA) is 15.3 Å². The number of halogens is 1. The zero-order valence-electron chi connectivity index (χ0n) is 7.72. The maximum absolute atomic E-state index is 12.3. The Morgan fingerprint density at radius 2 is 1.85 bits per heavy atom. The smallest absolute Gasteiger partial charge is 0.116 e. The summed E-state index contributed by atoms with van der Waals surface area (Å²) in [7, 11) is 0. The van der Waals surface area contributed by atoms with Crippen LogP contribution >= 0.6 is 0 Å². The van der Waals surface area contributed by atoms with Crippen molar-refractivity contribution in [2.45, 2.75) is 0 Å². The first-order chi connectivity index (χ1) is 6.20. The van der Waals surface area contributed by atoms with Gasteiger partial charge in [-0.2, -0.15) is 0 Å². The second kappa shape index (κ2) is 4.82. The summed E-state index contributed by atoms with van der Waals surface area (Å²) in [6.45, 7) is 10.8. The molecule has 0 amide bonds. The van der Waals surface area contributed by atoms with Gasteiger partial charge in [0.15, 0.2) is 0 Å². The van der Waals surface area contributed by atoms with E-state index in [4.69, 9.17) is 0 Å². The molecule has 2 nitrogen and oxygen atoms in total. The molecule has 1 saturated heterocycles. The van der Waals surface area contributed by atoms with Crippen molar-refractivity contribution in [1.29, 1.82) is 0 Å². The SMILES string of the molecule is C=C(F)/C=C\C(=C)N1CCNCC1. The van der Waals surface area contributed by atoms with Crippen LogP contribution in [0.3, 0.4) is 0 Å². The molecule has 0 bridgehead atoms. The summed E-state index contributed by atoms with van der Waals surface area (Å²) in [6.07, 6.45) is 3.00. The molecule has 0 spiro atoms. The number of allylic oxidation sites excluding steroid dienone is 3. The minimum Gasteiger partial charge on any atom is -0.369 e. The summed E-state index contributed by atoms with van der Waals surface area (Å²) in [5.74, 6) is -0.434. The minimum absolute atomic E-state index is 0.434. The molecule has 0 aromatic rings. The highest BCUT2D eigenvalue weighted by atomic mass is 19.1. The number of nitrogens with zero attached hydrogens (tertiary/aromatic N) is 1. The molecule has 1 aliphatic rings. The highest BCUT2D eigenvalue weighted by Gasteiger charge is 2.08. The highest BCUT2D eigenvalue weighted by molar-refractivity contribution is 5.20. The molecule has 0 atom stereocenters. The van der Waals surface area contributed by atoms with Crippen LogP contribution in [0.2, 0.25) is 0 Å².